The van der Waals surface area contributed by atoms with Gasteiger partial charge in [0.05, 0.1) is 5.56 Å². The molecule has 2 aliphatic heterocycles. The molecule has 41 heavy (non-hydrogen) atoms. The molecule has 0 atom stereocenters. The predicted octanol–water partition coefficient (Wildman–Crippen LogP) is 4.02. The van der Waals surface area contributed by atoms with Gasteiger partial charge in [0.2, 0.25) is 0 Å². The van der Waals surface area contributed by atoms with Crippen molar-refractivity contribution >= 4 is 16.9 Å². The number of likely N-dealkylation sites (N-methyl/N-ethyl adjacent to an activating group) is 1. The highest BCUT2D eigenvalue weighted by Gasteiger charge is 2.23. The van der Waals surface area contributed by atoms with Crippen molar-refractivity contribution in [3.8, 4) is 5.75 Å². The van der Waals surface area contributed by atoms with Gasteiger partial charge in [0.1, 0.15) is 11.4 Å². The molecule has 0 unspecified atom stereocenters. The molecule has 4 heterocycles. The number of likely N-dealkylation sites (tertiary alicyclic amines) is 1. The fourth-order valence-electron chi connectivity index (χ4n) is 6.35. The van der Waals surface area contributed by atoms with E-state index < -0.39 is 5.91 Å². The van der Waals surface area contributed by atoms with Crippen LogP contribution in [0.1, 0.15) is 51.4 Å². The Bertz CT molecular complexity index is 1500. The fourth-order valence-corrected chi connectivity index (χ4v) is 6.35. The second-order valence-electron chi connectivity index (χ2n) is 11.7. The molecule has 0 bridgehead atoms. The van der Waals surface area contributed by atoms with Crippen molar-refractivity contribution in [2.45, 2.75) is 38.4 Å². The summed E-state index contributed by atoms with van der Waals surface area (Å²) in [5.74, 6) is -0.210. The van der Waals surface area contributed by atoms with Crippen LogP contribution in [0.3, 0.4) is 0 Å². The van der Waals surface area contributed by atoms with Crippen molar-refractivity contribution in [1.29, 1.82) is 0 Å². The number of hydrogen-bond donors (Lipinski definition) is 2. The highest BCUT2D eigenvalue weighted by molar-refractivity contribution is 5.95. The Balaban J connectivity index is 1.05. The normalized spacial score (nSPS) is 17.8. The Hall–Kier alpha value is -3.72. The molecule has 3 N–H and O–H groups in total. The van der Waals surface area contributed by atoms with E-state index in [0.29, 0.717) is 12.5 Å². The molecule has 214 valence electrons. The lowest BCUT2D eigenvalue weighted by Crippen LogP contribution is -2.43. The Morgan fingerprint density at radius 2 is 1.49 bits per heavy atom. The number of amides is 1. The SMILES string of the molecule is CN1CCN(Cc2ccc(CN3CCC(c4ccnc5c4ccn5Cc4ccc(C(N)=O)c(O)c4)CC3)cc2)CC1. The van der Waals surface area contributed by atoms with Crippen molar-refractivity contribution in [3.05, 3.63) is 94.8 Å². The van der Waals surface area contributed by atoms with Crippen LogP contribution in [0.5, 0.6) is 5.75 Å². The van der Waals surface area contributed by atoms with Gasteiger partial charge in [-0.05, 0) is 85.4 Å². The summed E-state index contributed by atoms with van der Waals surface area (Å²) in [4.78, 5) is 23.7. The van der Waals surface area contributed by atoms with E-state index in [2.05, 4.69) is 73.9 Å². The summed E-state index contributed by atoms with van der Waals surface area (Å²) in [5, 5.41) is 11.4. The zero-order valence-electron chi connectivity index (χ0n) is 23.9. The molecule has 0 saturated carbocycles. The first-order valence-electron chi connectivity index (χ1n) is 14.7. The van der Waals surface area contributed by atoms with Crippen molar-refractivity contribution in [1.82, 2.24) is 24.3 Å². The van der Waals surface area contributed by atoms with Crippen LogP contribution in [0.15, 0.2) is 67.0 Å². The number of piperazine rings is 1. The number of pyridine rings is 1. The van der Waals surface area contributed by atoms with Gasteiger partial charge in [-0.1, -0.05) is 30.3 Å². The summed E-state index contributed by atoms with van der Waals surface area (Å²) in [6.07, 6.45) is 6.24. The highest BCUT2D eigenvalue weighted by Crippen LogP contribution is 2.33. The first-order chi connectivity index (χ1) is 19.9. The summed E-state index contributed by atoms with van der Waals surface area (Å²) in [6, 6.07) is 18.6. The molecule has 8 heteroatoms. The maximum absolute atomic E-state index is 11.4. The summed E-state index contributed by atoms with van der Waals surface area (Å²) >= 11 is 0. The van der Waals surface area contributed by atoms with Crippen LogP contribution >= 0.6 is 0 Å². The third-order valence-corrected chi connectivity index (χ3v) is 8.84. The minimum Gasteiger partial charge on any atom is -0.507 e. The average Bonchev–Trinajstić information content (AvgIpc) is 3.38. The van der Waals surface area contributed by atoms with E-state index in [9.17, 15) is 9.90 Å². The quantitative estimate of drug-likeness (QED) is 0.343. The molecule has 8 nitrogen and oxygen atoms in total. The zero-order valence-corrected chi connectivity index (χ0v) is 23.9. The molecule has 2 fully saturated rings. The largest absolute Gasteiger partial charge is 0.507 e. The molecule has 0 spiro atoms. The topological polar surface area (TPSA) is 90.9 Å². The highest BCUT2D eigenvalue weighted by atomic mass is 16.3. The van der Waals surface area contributed by atoms with Gasteiger partial charge >= 0.3 is 0 Å². The predicted molar refractivity (Wildman–Crippen MR) is 162 cm³/mol. The number of aromatic hydroxyl groups is 1. The van der Waals surface area contributed by atoms with Gasteiger partial charge in [-0.3, -0.25) is 14.6 Å². The molecule has 0 radical (unpaired) electrons. The molecule has 2 aromatic heterocycles. The number of fused-ring (bicyclic) bond motifs is 1. The summed E-state index contributed by atoms with van der Waals surface area (Å²) in [7, 11) is 2.20. The first kappa shape index (κ1) is 27.4. The van der Waals surface area contributed by atoms with E-state index in [1.165, 1.54) is 22.1 Å². The van der Waals surface area contributed by atoms with Crippen molar-refractivity contribution in [2.24, 2.45) is 5.73 Å². The van der Waals surface area contributed by atoms with Crippen LogP contribution in [0.25, 0.3) is 11.0 Å². The molecular weight excluding hydrogens is 512 g/mol. The maximum Gasteiger partial charge on any atom is 0.252 e. The van der Waals surface area contributed by atoms with E-state index in [1.807, 2.05) is 12.3 Å². The van der Waals surface area contributed by atoms with Gasteiger partial charge in [-0.2, -0.15) is 0 Å². The van der Waals surface area contributed by atoms with Crippen LogP contribution < -0.4 is 5.73 Å². The van der Waals surface area contributed by atoms with Crippen molar-refractivity contribution in [3.63, 3.8) is 0 Å². The van der Waals surface area contributed by atoms with E-state index in [0.717, 1.165) is 76.4 Å². The van der Waals surface area contributed by atoms with Crippen molar-refractivity contribution in [2.75, 3.05) is 46.3 Å². The number of primary amides is 1. The van der Waals surface area contributed by atoms with Gasteiger partial charge in [-0.15, -0.1) is 0 Å². The van der Waals surface area contributed by atoms with Crippen LogP contribution in [-0.4, -0.2) is 81.6 Å². The van der Waals surface area contributed by atoms with Crippen molar-refractivity contribution < 1.29 is 9.90 Å². The monoisotopic (exact) mass is 552 g/mol. The Labute approximate surface area is 242 Å². The molecule has 2 aliphatic rings. The summed E-state index contributed by atoms with van der Waals surface area (Å²) in [6.45, 7) is 9.40. The number of rotatable bonds is 8. The molecule has 0 aliphatic carbocycles. The number of benzene rings is 2. The number of hydrogen-bond acceptors (Lipinski definition) is 6. The van der Waals surface area contributed by atoms with Crippen LogP contribution in [0, 0.1) is 0 Å². The molecule has 4 aromatic rings. The minimum absolute atomic E-state index is 0.0894. The fraction of sp³-hybridized carbons (Fsp3) is 0.394. The zero-order chi connectivity index (χ0) is 28.3. The van der Waals surface area contributed by atoms with Gasteiger partial charge < -0.3 is 20.3 Å². The second-order valence-corrected chi connectivity index (χ2v) is 11.7. The molecule has 1 amide bonds. The van der Waals surface area contributed by atoms with Gasteiger partial charge in [0.25, 0.3) is 5.91 Å². The number of nitrogens with zero attached hydrogens (tertiary/aromatic N) is 5. The number of piperidine rings is 1. The molecule has 6 rings (SSSR count). The number of carbonyl (C=O) groups excluding carboxylic acids is 1. The summed E-state index contributed by atoms with van der Waals surface area (Å²) < 4.78 is 2.10. The van der Waals surface area contributed by atoms with Gasteiger partial charge in [-0.25, -0.2) is 4.98 Å². The Kier molecular flexibility index (Phi) is 8.05. The minimum atomic E-state index is -0.632. The number of phenols is 1. The number of aromatic nitrogens is 2. The number of nitrogens with two attached hydrogens (primary N) is 1. The Morgan fingerprint density at radius 1 is 0.854 bits per heavy atom. The van der Waals surface area contributed by atoms with E-state index in [-0.39, 0.29) is 11.3 Å². The lowest BCUT2D eigenvalue weighted by Gasteiger charge is -2.33. The van der Waals surface area contributed by atoms with Crippen LogP contribution in [-0.2, 0) is 19.6 Å². The molecule has 2 saturated heterocycles. The third kappa shape index (κ3) is 6.30. The second kappa shape index (κ2) is 12.0. The smallest absolute Gasteiger partial charge is 0.252 e. The van der Waals surface area contributed by atoms with E-state index in [1.54, 1.807) is 12.1 Å². The van der Waals surface area contributed by atoms with E-state index in [4.69, 9.17) is 5.73 Å². The molecular formula is C33H40N6O2. The summed E-state index contributed by atoms with van der Waals surface area (Å²) in [5.41, 5.74) is 11.5. The van der Waals surface area contributed by atoms with Gasteiger partial charge in [0.15, 0.2) is 0 Å². The average molecular weight is 553 g/mol. The van der Waals surface area contributed by atoms with Crippen LogP contribution in [0.4, 0.5) is 0 Å². The standard InChI is InChI=1S/C33H40N6O2/c1-36-16-18-38(19-17-36)22-25-4-2-24(3-5-25)21-37-13-9-27(10-14-37)28-8-12-35-33-29(28)11-15-39(33)23-26-6-7-30(32(34)41)31(40)20-26/h2-8,11-12,15,20,27,40H,9-10,13-14,16-19,21-23H2,1H3,(H2,34,41). The first-order valence-corrected chi connectivity index (χ1v) is 14.7. The number of carbonyl (C=O) groups is 1. The lowest BCUT2D eigenvalue weighted by atomic mass is 9.88. The molecule has 2 aromatic carbocycles. The van der Waals surface area contributed by atoms with Crippen LogP contribution in [0.2, 0.25) is 0 Å². The third-order valence-electron chi connectivity index (χ3n) is 8.84. The lowest BCUT2D eigenvalue weighted by molar-refractivity contribution is 0.0997. The Morgan fingerprint density at radius 3 is 2.12 bits per heavy atom. The maximum atomic E-state index is 11.4. The van der Waals surface area contributed by atoms with E-state index >= 15 is 0 Å². The van der Waals surface area contributed by atoms with Gasteiger partial charge in [0, 0.05) is 63.6 Å².